The highest BCUT2D eigenvalue weighted by Crippen LogP contribution is 2.24. The first-order valence-corrected chi connectivity index (χ1v) is 7.92. The van der Waals surface area contributed by atoms with Gasteiger partial charge in [0.25, 0.3) is 0 Å². The van der Waals surface area contributed by atoms with Crippen LogP contribution in [0.4, 0.5) is 5.69 Å². The van der Waals surface area contributed by atoms with Gasteiger partial charge in [-0.25, -0.2) is 4.98 Å². The minimum absolute atomic E-state index is 0. The molecule has 0 spiro atoms. The Labute approximate surface area is 141 Å². The SMILES string of the molecule is Cc1csc(-c2ccc(NC(=O)[C@@H](N)CC(C)C)cc2)n1.Cl. The topological polar surface area (TPSA) is 68.0 Å². The number of nitrogens with one attached hydrogen (secondary N) is 1. The van der Waals surface area contributed by atoms with E-state index in [0.29, 0.717) is 12.3 Å². The maximum absolute atomic E-state index is 12.0. The van der Waals surface area contributed by atoms with E-state index in [1.54, 1.807) is 11.3 Å². The van der Waals surface area contributed by atoms with E-state index in [0.717, 1.165) is 22.0 Å². The van der Waals surface area contributed by atoms with Gasteiger partial charge in [-0.1, -0.05) is 13.8 Å². The van der Waals surface area contributed by atoms with Crippen molar-refractivity contribution in [3.63, 3.8) is 0 Å². The molecule has 0 aliphatic carbocycles. The van der Waals surface area contributed by atoms with Gasteiger partial charge in [0.2, 0.25) is 5.91 Å². The van der Waals surface area contributed by atoms with Crippen molar-refractivity contribution in [1.82, 2.24) is 4.98 Å². The summed E-state index contributed by atoms with van der Waals surface area (Å²) >= 11 is 1.62. The average molecular weight is 340 g/mol. The van der Waals surface area contributed by atoms with Crippen LogP contribution in [0.25, 0.3) is 10.6 Å². The molecular formula is C16H22ClN3OS. The fourth-order valence-corrected chi connectivity index (χ4v) is 2.84. The minimum Gasteiger partial charge on any atom is -0.325 e. The second kappa shape index (κ2) is 8.27. The van der Waals surface area contributed by atoms with Gasteiger partial charge in [-0.3, -0.25) is 4.79 Å². The summed E-state index contributed by atoms with van der Waals surface area (Å²) in [7, 11) is 0. The fraction of sp³-hybridized carbons (Fsp3) is 0.375. The summed E-state index contributed by atoms with van der Waals surface area (Å²) in [5.41, 5.74) is 8.70. The summed E-state index contributed by atoms with van der Waals surface area (Å²) in [4.78, 5) is 16.4. The van der Waals surface area contributed by atoms with Gasteiger partial charge in [-0.15, -0.1) is 23.7 Å². The molecule has 0 unspecified atom stereocenters. The number of benzene rings is 1. The van der Waals surface area contributed by atoms with Crippen LogP contribution in [0.5, 0.6) is 0 Å². The number of hydrogen-bond acceptors (Lipinski definition) is 4. The number of nitrogens with zero attached hydrogens (tertiary/aromatic N) is 1. The van der Waals surface area contributed by atoms with Crippen LogP contribution in [0.2, 0.25) is 0 Å². The molecule has 0 aliphatic rings. The Morgan fingerprint density at radius 2 is 1.95 bits per heavy atom. The number of aromatic nitrogens is 1. The predicted octanol–water partition coefficient (Wildman–Crippen LogP) is 3.85. The molecule has 1 heterocycles. The monoisotopic (exact) mass is 339 g/mol. The summed E-state index contributed by atoms with van der Waals surface area (Å²) < 4.78 is 0. The molecule has 0 aliphatic heterocycles. The number of amides is 1. The quantitative estimate of drug-likeness (QED) is 0.869. The smallest absolute Gasteiger partial charge is 0.241 e. The lowest BCUT2D eigenvalue weighted by Gasteiger charge is -2.14. The van der Waals surface area contributed by atoms with Crippen molar-refractivity contribution in [3.8, 4) is 10.6 Å². The number of hydrogen-bond donors (Lipinski definition) is 2. The van der Waals surface area contributed by atoms with Gasteiger partial charge in [0.05, 0.1) is 6.04 Å². The Hall–Kier alpha value is -1.43. The first-order valence-electron chi connectivity index (χ1n) is 7.04. The van der Waals surface area contributed by atoms with Crippen molar-refractivity contribution >= 4 is 35.3 Å². The molecule has 1 aromatic carbocycles. The van der Waals surface area contributed by atoms with Crippen molar-refractivity contribution in [2.45, 2.75) is 33.2 Å². The molecule has 120 valence electrons. The van der Waals surface area contributed by atoms with Crippen molar-refractivity contribution in [3.05, 3.63) is 35.3 Å². The van der Waals surface area contributed by atoms with Gasteiger partial charge in [0.1, 0.15) is 5.01 Å². The average Bonchev–Trinajstić information content (AvgIpc) is 2.85. The zero-order valence-corrected chi connectivity index (χ0v) is 14.6. The Morgan fingerprint density at radius 1 is 1.32 bits per heavy atom. The third kappa shape index (κ3) is 5.09. The molecule has 0 bridgehead atoms. The largest absolute Gasteiger partial charge is 0.325 e. The molecule has 0 saturated heterocycles. The van der Waals surface area contributed by atoms with Crippen molar-refractivity contribution in [2.24, 2.45) is 11.7 Å². The maximum atomic E-state index is 12.0. The van der Waals surface area contributed by atoms with E-state index in [2.05, 4.69) is 24.1 Å². The number of anilines is 1. The van der Waals surface area contributed by atoms with Crippen molar-refractivity contribution in [2.75, 3.05) is 5.32 Å². The van der Waals surface area contributed by atoms with Crippen LogP contribution in [-0.4, -0.2) is 16.9 Å². The zero-order valence-electron chi connectivity index (χ0n) is 13.0. The van der Waals surface area contributed by atoms with Gasteiger partial charge < -0.3 is 11.1 Å². The van der Waals surface area contributed by atoms with Crippen molar-refractivity contribution < 1.29 is 4.79 Å². The molecule has 2 aromatic rings. The van der Waals surface area contributed by atoms with E-state index in [1.807, 2.05) is 36.6 Å². The van der Waals surface area contributed by atoms with Crippen LogP contribution in [0.15, 0.2) is 29.6 Å². The number of thiazole rings is 1. The van der Waals surface area contributed by atoms with Crippen molar-refractivity contribution in [1.29, 1.82) is 0 Å². The third-order valence-electron chi connectivity index (χ3n) is 3.08. The summed E-state index contributed by atoms with van der Waals surface area (Å²) in [6, 6.07) is 7.22. The van der Waals surface area contributed by atoms with Gasteiger partial charge in [-0.2, -0.15) is 0 Å². The second-order valence-electron chi connectivity index (χ2n) is 5.60. The Kier molecular flexibility index (Phi) is 7.00. The molecule has 6 heteroatoms. The minimum atomic E-state index is -0.466. The summed E-state index contributed by atoms with van der Waals surface area (Å²) in [6.45, 7) is 6.08. The molecule has 3 N–H and O–H groups in total. The molecule has 1 amide bonds. The van der Waals surface area contributed by atoms with Crippen LogP contribution in [-0.2, 0) is 4.79 Å². The number of nitrogens with two attached hydrogens (primary N) is 1. The number of carbonyl (C=O) groups is 1. The molecule has 4 nitrogen and oxygen atoms in total. The van der Waals surface area contributed by atoms with Gasteiger partial charge in [-0.05, 0) is 43.5 Å². The summed E-state index contributed by atoms with van der Waals surface area (Å²) in [5, 5.41) is 5.86. The summed E-state index contributed by atoms with van der Waals surface area (Å²) in [6.07, 6.45) is 0.683. The van der Waals surface area contributed by atoms with E-state index in [4.69, 9.17) is 5.73 Å². The van der Waals surface area contributed by atoms with Gasteiger partial charge in [0.15, 0.2) is 0 Å². The van der Waals surface area contributed by atoms with Crippen LogP contribution >= 0.6 is 23.7 Å². The first kappa shape index (κ1) is 18.6. The highest BCUT2D eigenvalue weighted by atomic mass is 35.5. The van der Waals surface area contributed by atoms with E-state index < -0.39 is 6.04 Å². The number of aryl methyl sites for hydroxylation is 1. The lowest BCUT2D eigenvalue weighted by molar-refractivity contribution is -0.117. The first-order chi connectivity index (χ1) is 9.95. The van der Waals surface area contributed by atoms with Gasteiger partial charge in [0, 0.05) is 22.3 Å². The Bertz CT molecular complexity index is 610. The van der Waals surface area contributed by atoms with E-state index in [1.165, 1.54) is 0 Å². The fourth-order valence-electron chi connectivity index (χ4n) is 2.03. The Balaban J connectivity index is 0.00000242. The number of halogens is 1. The lowest BCUT2D eigenvalue weighted by atomic mass is 10.0. The van der Waals surface area contributed by atoms with Crippen LogP contribution in [0, 0.1) is 12.8 Å². The van der Waals surface area contributed by atoms with E-state index in [9.17, 15) is 4.79 Å². The van der Waals surface area contributed by atoms with Crippen LogP contribution < -0.4 is 11.1 Å². The third-order valence-corrected chi connectivity index (χ3v) is 4.09. The molecular weight excluding hydrogens is 318 g/mol. The zero-order chi connectivity index (χ0) is 15.4. The summed E-state index contributed by atoms with van der Waals surface area (Å²) in [5.74, 6) is 0.266. The highest BCUT2D eigenvalue weighted by molar-refractivity contribution is 7.13. The molecule has 0 saturated carbocycles. The molecule has 2 rings (SSSR count). The normalized spacial score (nSPS) is 11.9. The van der Waals surface area contributed by atoms with E-state index >= 15 is 0 Å². The second-order valence-corrected chi connectivity index (χ2v) is 6.45. The van der Waals surface area contributed by atoms with Gasteiger partial charge >= 0.3 is 0 Å². The van der Waals surface area contributed by atoms with Crippen LogP contribution in [0.3, 0.4) is 0 Å². The molecule has 0 fully saturated rings. The Morgan fingerprint density at radius 3 is 2.45 bits per heavy atom. The number of rotatable bonds is 5. The molecule has 22 heavy (non-hydrogen) atoms. The number of carbonyl (C=O) groups excluding carboxylic acids is 1. The highest BCUT2D eigenvalue weighted by Gasteiger charge is 2.15. The lowest BCUT2D eigenvalue weighted by Crippen LogP contribution is -2.36. The predicted molar refractivity (Wildman–Crippen MR) is 95.6 cm³/mol. The molecule has 1 aromatic heterocycles. The van der Waals surface area contributed by atoms with E-state index in [-0.39, 0.29) is 18.3 Å². The standard InChI is InChI=1S/C16H21N3OS.ClH/c1-10(2)8-14(17)15(20)19-13-6-4-12(5-7-13)16-18-11(3)9-21-16;/h4-7,9-10,14H,8,17H2,1-3H3,(H,19,20);1H/t14-;/m0./s1. The molecule has 0 radical (unpaired) electrons. The van der Waals surface area contributed by atoms with Crippen LogP contribution in [0.1, 0.15) is 26.0 Å². The molecule has 1 atom stereocenters. The maximum Gasteiger partial charge on any atom is 0.241 e.